The normalized spacial score (nSPS) is 12.4. The molecular formula is C16H19ClN2O3. The number of hydrogen-bond donors (Lipinski definition) is 1. The minimum atomic E-state index is -0.595. The second kappa shape index (κ2) is 7.45. The van der Waals surface area contributed by atoms with E-state index in [1.165, 1.54) is 14.2 Å². The van der Waals surface area contributed by atoms with Crippen molar-refractivity contribution < 1.29 is 14.3 Å². The fraction of sp³-hybridized carbons (Fsp3) is 0.312. The molecule has 22 heavy (non-hydrogen) atoms. The van der Waals surface area contributed by atoms with E-state index >= 15 is 0 Å². The van der Waals surface area contributed by atoms with Crippen LogP contribution in [-0.4, -0.2) is 31.0 Å². The fourth-order valence-electron chi connectivity index (χ4n) is 2.30. The van der Waals surface area contributed by atoms with E-state index in [1.807, 2.05) is 30.3 Å². The van der Waals surface area contributed by atoms with Gasteiger partial charge in [-0.25, -0.2) is 0 Å². The highest BCUT2D eigenvalue weighted by molar-refractivity contribution is 6.31. The Morgan fingerprint density at radius 1 is 1.23 bits per heavy atom. The van der Waals surface area contributed by atoms with Gasteiger partial charge in [-0.15, -0.1) is 0 Å². The van der Waals surface area contributed by atoms with Gasteiger partial charge in [0.05, 0.1) is 5.02 Å². The molecule has 1 heterocycles. The Kier molecular flexibility index (Phi) is 5.60. The largest absolute Gasteiger partial charge is 0.353 e. The summed E-state index contributed by atoms with van der Waals surface area (Å²) < 4.78 is 12.3. The summed E-state index contributed by atoms with van der Waals surface area (Å²) in [5.74, 6) is -0.248. The monoisotopic (exact) mass is 322 g/mol. The van der Waals surface area contributed by atoms with Crippen LogP contribution in [0.1, 0.15) is 22.1 Å². The number of hydrogen-bond acceptors (Lipinski definition) is 3. The number of carbonyl (C=O) groups is 1. The van der Waals surface area contributed by atoms with Crippen LogP contribution in [0, 0.1) is 0 Å². The van der Waals surface area contributed by atoms with Crippen LogP contribution < -0.4 is 5.32 Å². The second-order valence-corrected chi connectivity index (χ2v) is 5.29. The van der Waals surface area contributed by atoms with E-state index in [4.69, 9.17) is 21.1 Å². The summed E-state index contributed by atoms with van der Waals surface area (Å²) in [6, 6.07) is 10.7. The third-order valence-electron chi connectivity index (χ3n) is 3.39. The highest BCUT2D eigenvalue weighted by Crippen LogP contribution is 2.21. The molecule has 5 nitrogen and oxygen atoms in total. The van der Waals surface area contributed by atoms with Gasteiger partial charge in [-0.1, -0.05) is 41.9 Å². The molecule has 1 N–H and O–H groups in total. The molecule has 1 atom stereocenters. The number of benzene rings is 1. The molecule has 2 rings (SSSR count). The first-order valence-electron chi connectivity index (χ1n) is 6.80. The second-order valence-electron chi connectivity index (χ2n) is 4.86. The van der Waals surface area contributed by atoms with Gasteiger partial charge in [0, 0.05) is 27.5 Å². The third-order valence-corrected chi connectivity index (χ3v) is 3.59. The minimum absolute atomic E-state index is 0.248. The number of ether oxygens (including phenoxy) is 2. The van der Waals surface area contributed by atoms with Crippen LogP contribution in [0.15, 0.2) is 42.6 Å². The summed E-state index contributed by atoms with van der Waals surface area (Å²) in [6.07, 6.45) is 1.08. The summed E-state index contributed by atoms with van der Waals surface area (Å²) in [6.45, 7) is 0. The average molecular weight is 323 g/mol. The maximum atomic E-state index is 12.5. The lowest BCUT2D eigenvalue weighted by Crippen LogP contribution is -2.38. The standard InChI is InChI=1S/C16H19ClN2O3/c1-19-10-12(17)9-13(19)15(20)18-14(16(21-2)22-3)11-7-5-4-6-8-11/h4-10,14,16H,1-3H3,(H,18,20). The van der Waals surface area contributed by atoms with E-state index < -0.39 is 12.3 Å². The Bertz CT molecular complexity index is 624. The molecule has 1 aromatic heterocycles. The van der Waals surface area contributed by atoms with Gasteiger partial charge in [-0.3, -0.25) is 4.79 Å². The molecule has 0 spiro atoms. The van der Waals surface area contributed by atoms with Crippen molar-refractivity contribution in [2.75, 3.05) is 14.2 Å². The Morgan fingerprint density at radius 2 is 1.86 bits per heavy atom. The molecule has 1 unspecified atom stereocenters. The van der Waals surface area contributed by atoms with Crippen LogP contribution in [0.3, 0.4) is 0 Å². The Hall–Kier alpha value is -1.82. The van der Waals surface area contributed by atoms with E-state index in [0.29, 0.717) is 10.7 Å². The van der Waals surface area contributed by atoms with E-state index in [0.717, 1.165) is 5.56 Å². The first-order chi connectivity index (χ1) is 10.6. The van der Waals surface area contributed by atoms with E-state index in [-0.39, 0.29) is 5.91 Å². The summed E-state index contributed by atoms with van der Waals surface area (Å²) in [4.78, 5) is 12.5. The van der Waals surface area contributed by atoms with Crippen molar-refractivity contribution in [2.45, 2.75) is 12.3 Å². The number of carbonyl (C=O) groups excluding carboxylic acids is 1. The van der Waals surface area contributed by atoms with E-state index in [1.54, 1.807) is 23.9 Å². The topological polar surface area (TPSA) is 52.5 Å². The highest BCUT2D eigenvalue weighted by atomic mass is 35.5. The number of halogens is 1. The first kappa shape index (κ1) is 16.5. The molecule has 6 heteroatoms. The van der Waals surface area contributed by atoms with Crippen LogP contribution in [0.25, 0.3) is 0 Å². The Labute approximate surface area is 134 Å². The van der Waals surface area contributed by atoms with E-state index in [9.17, 15) is 4.79 Å². The number of rotatable bonds is 6. The maximum Gasteiger partial charge on any atom is 0.268 e. The van der Waals surface area contributed by atoms with Crippen LogP contribution in [0.5, 0.6) is 0 Å². The predicted octanol–water partition coefficient (Wildman–Crippen LogP) is 2.77. The van der Waals surface area contributed by atoms with Gasteiger partial charge >= 0.3 is 0 Å². The summed E-state index contributed by atoms with van der Waals surface area (Å²) in [7, 11) is 4.84. The van der Waals surface area contributed by atoms with Crippen molar-refractivity contribution >= 4 is 17.5 Å². The van der Waals surface area contributed by atoms with Gasteiger partial charge < -0.3 is 19.4 Å². The molecule has 0 aliphatic rings. The zero-order valence-electron chi connectivity index (χ0n) is 12.7. The zero-order chi connectivity index (χ0) is 16.1. The van der Waals surface area contributed by atoms with Crippen molar-refractivity contribution in [3.05, 3.63) is 58.9 Å². The molecule has 0 aliphatic carbocycles. The molecule has 0 radical (unpaired) electrons. The van der Waals surface area contributed by atoms with Gasteiger partial charge in [-0.05, 0) is 11.6 Å². The lowest BCUT2D eigenvalue weighted by molar-refractivity contribution is -0.122. The number of aryl methyl sites for hydroxylation is 1. The Morgan fingerprint density at radius 3 is 2.36 bits per heavy atom. The van der Waals surface area contributed by atoms with Gasteiger partial charge in [0.15, 0.2) is 6.29 Å². The molecule has 0 saturated heterocycles. The van der Waals surface area contributed by atoms with E-state index in [2.05, 4.69) is 5.32 Å². The smallest absolute Gasteiger partial charge is 0.268 e. The lowest BCUT2D eigenvalue weighted by Gasteiger charge is -2.26. The van der Waals surface area contributed by atoms with Crippen LogP contribution in [0.4, 0.5) is 0 Å². The van der Waals surface area contributed by atoms with Crippen LogP contribution >= 0.6 is 11.6 Å². The van der Waals surface area contributed by atoms with Gasteiger partial charge in [-0.2, -0.15) is 0 Å². The van der Waals surface area contributed by atoms with Gasteiger partial charge in [0.1, 0.15) is 11.7 Å². The number of nitrogens with zero attached hydrogens (tertiary/aromatic N) is 1. The molecule has 0 bridgehead atoms. The fourth-order valence-corrected chi connectivity index (χ4v) is 2.55. The highest BCUT2D eigenvalue weighted by Gasteiger charge is 2.26. The predicted molar refractivity (Wildman–Crippen MR) is 84.9 cm³/mol. The van der Waals surface area contributed by atoms with Crippen molar-refractivity contribution in [3.63, 3.8) is 0 Å². The molecule has 0 saturated carbocycles. The molecular weight excluding hydrogens is 304 g/mol. The first-order valence-corrected chi connectivity index (χ1v) is 7.18. The molecule has 1 aromatic carbocycles. The summed E-state index contributed by atoms with van der Waals surface area (Å²) in [5.41, 5.74) is 1.36. The number of nitrogens with one attached hydrogen (secondary N) is 1. The number of methoxy groups -OCH3 is 2. The zero-order valence-corrected chi connectivity index (χ0v) is 13.5. The van der Waals surface area contributed by atoms with Gasteiger partial charge in [0.2, 0.25) is 0 Å². The molecule has 118 valence electrons. The number of amides is 1. The quantitative estimate of drug-likeness (QED) is 0.832. The molecule has 1 amide bonds. The summed E-state index contributed by atoms with van der Waals surface area (Å²) >= 11 is 5.93. The maximum absolute atomic E-state index is 12.5. The SMILES string of the molecule is COC(OC)C(NC(=O)c1cc(Cl)cn1C)c1ccccc1. The van der Waals surface area contributed by atoms with Crippen molar-refractivity contribution in [1.82, 2.24) is 9.88 Å². The number of aromatic nitrogens is 1. The molecule has 2 aromatic rings. The van der Waals surface area contributed by atoms with Crippen LogP contribution in [0.2, 0.25) is 5.02 Å². The molecule has 0 fully saturated rings. The van der Waals surface area contributed by atoms with Crippen LogP contribution in [-0.2, 0) is 16.5 Å². The van der Waals surface area contributed by atoms with Gasteiger partial charge in [0.25, 0.3) is 5.91 Å². The molecule has 0 aliphatic heterocycles. The van der Waals surface area contributed by atoms with Crippen molar-refractivity contribution in [2.24, 2.45) is 7.05 Å². The van der Waals surface area contributed by atoms with Crippen molar-refractivity contribution in [3.8, 4) is 0 Å². The Balaban J connectivity index is 2.26. The van der Waals surface area contributed by atoms with Crippen molar-refractivity contribution in [1.29, 1.82) is 0 Å². The average Bonchev–Trinajstić information content (AvgIpc) is 2.87. The third kappa shape index (κ3) is 3.68. The lowest BCUT2D eigenvalue weighted by atomic mass is 10.1. The minimum Gasteiger partial charge on any atom is -0.353 e. The summed E-state index contributed by atoms with van der Waals surface area (Å²) in [5, 5.41) is 3.45.